The number of ether oxygens (including phenoxy) is 1. The van der Waals surface area contributed by atoms with Gasteiger partial charge in [0.25, 0.3) is 0 Å². The van der Waals surface area contributed by atoms with Crippen molar-refractivity contribution in [3.63, 3.8) is 0 Å². The molecule has 1 aromatic rings. The summed E-state index contributed by atoms with van der Waals surface area (Å²) in [6, 6.07) is 7.99. The summed E-state index contributed by atoms with van der Waals surface area (Å²) in [5.74, 6) is -0.344. The molecule has 1 aliphatic rings. The quantitative estimate of drug-likeness (QED) is 0.455. The first-order chi connectivity index (χ1) is 13.5. The van der Waals surface area contributed by atoms with Crippen molar-refractivity contribution < 1.29 is 19.1 Å². The number of nitrogens with zero attached hydrogens (tertiary/aromatic N) is 2. The van der Waals surface area contributed by atoms with Crippen molar-refractivity contribution in [1.82, 2.24) is 4.90 Å². The molecule has 0 saturated carbocycles. The highest BCUT2D eigenvalue weighted by Crippen LogP contribution is 2.18. The molecule has 0 N–H and O–H groups in total. The number of piperidine rings is 1. The van der Waals surface area contributed by atoms with Gasteiger partial charge in [0, 0.05) is 44.7 Å². The predicted molar refractivity (Wildman–Crippen MR) is 109 cm³/mol. The predicted octanol–water partition coefficient (Wildman–Crippen LogP) is 2.98. The maximum Gasteiger partial charge on any atom is 0.315 e. The lowest BCUT2D eigenvalue weighted by molar-refractivity contribution is -0.145. The summed E-state index contributed by atoms with van der Waals surface area (Å²) in [7, 11) is 0. The minimum atomic E-state index is -0.481. The summed E-state index contributed by atoms with van der Waals surface area (Å²) >= 11 is 0. The number of esters is 1. The van der Waals surface area contributed by atoms with E-state index in [0.717, 1.165) is 44.6 Å². The average Bonchev–Trinajstić information content (AvgIpc) is 2.69. The molecule has 154 valence electrons. The minimum absolute atomic E-state index is 0.224. The zero-order valence-electron chi connectivity index (χ0n) is 17.1. The Hall–Kier alpha value is -2.21. The number of carbonyl (C=O) groups is 3. The number of rotatable bonds is 10. The third kappa shape index (κ3) is 7.08. The van der Waals surface area contributed by atoms with Gasteiger partial charge >= 0.3 is 5.97 Å². The standard InChI is InChI=1S/C22H32N2O4/c1-3-5-13-24(21(26)17-22(27)28-4-2)19-8-6-18(7-9-19)10-14-23-15-11-20(25)12-16-23/h6-9H,3-5,10-17H2,1-2H3. The smallest absolute Gasteiger partial charge is 0.315 e. The molecule has 0 aromatic heterocycles. The highest BCUT2D eigenvalue weighted by atomic mass is 16.5. The molecular formula is C22H32N2O4. The van der Waals surface area contributed by atoms with Gasteiger partial charge in [-0.05, 0) is 37.5 Å². The summed E-state index contributed by atoms with van der Waals surface area (Å²) in [6.07, 6.45) is 3.86. The molecule has 1 amide bonds. The monoisotopic (exact) mass is 388 g/mol. The zero-order chi connectivity index (χ0) is 20.4. The van der Waals surface area contributed by atoms with Crippen molar-refractivity contribution in [3.8, 4) is 0 Å². The van der Waals surface area contributed by atoms with Crippen LogP contribution in [0, 0.1) is 0 Å². The molecule has 0 spiro atoms. The summed E-state index contributed by atoms with van der Waals surface area (Å²) in [5.41, 5.74) is 2.02. The van der Waals surface area contributed by atoms with Gasteiger partial charge in [0.2, 0.25) is 5.91 Å². The summed E-state index contributed by atoms with van der Waals surface area (Å²) < 4.78 is 4.91. The van der Waals surface area contributed by atoms with E-state index in [-0.39, 0.29) is 18.9 Å². The van der Waals surface area contributed by atoms with Crippen LogP contribution in [0.5, 0.6) is 0 Å². The second-order valence-corrected chi connectivity index (χ2v) is 7.18. The Balaban J connectivity index is 1.94. The van der Waals surface area contributed by atoms with Crippen LogP contribution in [0.15, 0.2) is 24.3 Å². The summed E-state index contributed by atoms with van der Waals surface area (Å²) in [4.78, 5) is 39.6. The van der Waals surface area contributed by atoms with Crippen LogP contribution in [0.4, 0.5) is 5.69 Å². The number of anilines is 1. The van der Waals surface area contributed by atoms with E-state index in [2.05, 4.69) is 11.8 Å². The van der Waals surface area contributed by atoms with E-state index in [0.29, 0.717) is 25.2 Å². The molecule has 28 heavy (non-hydrogen) atoms. The fourth-order valence-electron chi connectivity index (χ4n) is 3.30. The molecule has 1 fully saturated rings. The van der Waals surface area contributed by atoms with Gasteiger partial charge in [-0.3, -0.25) is 14.4 Å². The zero-order valence-corrected chi connectivity index (χ0v) is 17.1. The topological polar surface area (TPSA) is 66.9 Å². The van der Waals surface area contributed by atoms with Crippen LogP contribution in [0.25, 0.3) is 0 Å². The average molecular weight is 389 g/mol. The fourth-order valence-corrected chi connectivity index (χ4v) is 3.30. The number of unbranched alkanes of at least 4 members (excludes halogenated alkanes) is 1. The van der Waals surface area contributed by atoms with Crippen molar-refractivity contribution in [3.05, 3.63) is 29.8 Å². The highest BCUT2D eigenvalue weighted by molar-refractivity contribution is 6.03. The molecule has 0 aliphatic carbocycles. The molecule has 1 heterocycles. The van der Waals surface area contributed by atoms with E-state index in [9.17, 15) is 14.4 Å². The van der Waals surface area contributed by atoms with Gasteiger partial charge in [-0.1, -0.05) is 25.5 Å². The molecule has 6 nitrogen and oxygen atoms in total. The lowest BCUT2D eigenvalue weighted by Crippen LogP contribution is -2.35. The van der Waals surface area contributed by atoms with Gasteiger partial charge in [0.05, 0.1) is 6.61 Å². The van der Waals surface area contributed by atoms with E-state index in [1.165, 1.54) is 5.56 Å². The van der Waals surface area contributed by atoms with Gasteiger partial charge in [-0.2, -0.15) is 0 Å². The largest absolute Gasteiger partial charge is 0.466 e. The normalized spacial score (nSPS) is 14.7. The second kappa shape index (κ2) is 11.6. The molecule has 1 saturated heterocycles. The third-order valence-electron chi connectivity index (χ3n) is 5.02. The van der Waals surface area contributed by atoms with Crippen LogP contribution in [0.2, 0.25) is 0 Å². The maximum absolute atomic E-state index is 12.6. The van der Waals surface area contributed by atoms with E-state index < -0.39 is 5.97 Å². The number of likely N-dealkylation sites (tertiary alicyclic amines) is 1. The lowest BCUT2D eigenvalue weighted by Gasteiger charge is -2.26. The van der Waals surface area contributed by atoms with Crippen molar-refractivity contribution >= 4 is 23.3 Å². The number of hydrogen-bond acceptors (Lipinski definition) is 5. The van der Waals surface area contributed by atoms with Crippen LogP contribution in [0.1, 0.15) is 51.5 Å². The Morgan fingerprint density at radius 3 is 2.39 bits per heavy atom. The number of Topliss-reactive ketones (excluding diaryl/α,β-unsaturated/α-hetero) is 1. The third-order valence-corrected chi connectivity index (χ3v) is 5.02. The summed E-state index contributed by atoms with van der Waals surface area (Å²) in [5, 5.41) is 0. The maximum atomic E-state index is 12.6. The van der Waals surface area contributed by atoms with Gasteiger partial charge in [-0.15, -0.1) is 0 Å². The number of carbonyl (C=O) groups excluding carboxylic acids is 3. The Bertz CT molecular complexity index is 647. The number of amides is 1. The van der Waals surface area contributed by atoms with E-state index in [4.69, 9.17) is 4.74 Å². The Morgan fingerprint density at radius 2 is 1.79 bits per heavy atom. The first kappa shape index (κ1) is 22.1. The Morgan fingerprint density at radius 1 is 1.11 bits per heavy atom. The van der Waals surface area contributed by atoms with Crippen molar-refractivity contribution in [2.24, 2.45) is 0 Å². The first-order valence-corrected chi connectivity index (χ1v) is 10.3. The van der Waals surface area contributed by atoms with Gasteiger partial charge < -0.3 is 14.5 Å². The number of benzene rings is 1. The van der Waals surface area contributed by atoms with Crippen LogP contribution in [-0.2, 0) is 25.5 Å². The van der Waals surface area contributed by atoms with Crippen LogP contribution >= 0.6 is 0 Å². The van der Waals surface area contributed by atoms with Crippen molar-refractivity contribution in [2.45, 2.75) is 52.4 Å². The first-order valence-electron chi connectivity index (χ1n) is 10.3. The molecule has 2 rings (SSSR count). The molecule has 6 heteroatoms. The van der Waals surface area contributed by atoms with Gasteiger partial charge in [0.1, 0.15) is 12.2 Å². The van der Waals surface area contributed by atoms with E-state index in [1.54, 1.807) is 11.8 Å². The highest BCUT2D eigenvalue weighted by Gasteiger charge is 2.20. The van der Waals surface area contributed by atoms with Crippen LogP contribution in [-0.4, -0.2) is 55.3 Å². The summed E-state index contributed by atoms with van der Waals surface area (Å²) in [6.45, 7) is 7.32. The van der Waals surface area contributed by atoms with E-state index >= 15 is 0 Å². The van der Waals surface area contributed by atoms with Crippen molar-refractivity contribution in [1.29, 1.82) is 0 Å². The molecule has 0 radical (unpaired) electrons. The van der Waals surface area contributed by atoms with Crippen molar-refractivity contribution in [2.75, 3.05) is 37.7 Å². The molecule has 0 atom stereocenters. The van der Waals surface area contributed by atoms with Crippen LogP contribution in [0.3, 0.4) is 0 Å². The fraction of sp³-hybridized carbons (Fsp3) is 0.591. The minimum Gasteiger partial charge on any atom is -0.466 e. The SMILES string of the molecule is CCCCN(C(=O)CC(=O)OCC)c1ccc(CCN2CCC(=O)CC2)cc1. The number of hydrogen-bond donors (Lipinski definition) is 0. The molecular weight excluding hydrogens is 356 g/mol. The molecule has 1 aliphatic heterocycles. The Labute approximate surface area is 167 Å². The van der Waals surface area contributed by atoms with Gasteiger partial charge in [0.15, 0.2) is 0 Å². The Kier molecular flexibility index (Phi) is 9.14. The molecule has 0 bridgehead atoms. The number of ketones is 1. The van der Waals surface area contributed by atoms with E-state index in [1.807, 2.05) is 24.3 Å². The molecule has 1 aromatic carbocycles. The second-order valence-electron chi connectivity index (χ2n) is 7.18. The lowest BCUT2D eigenvalue weighted by atomic mass is 10.1. The molecule has 0 unspecified atom stereocenters. The van der Waals surface area contributed by atoms with Gasteiger partial charge in [-0.25, -0.2) is 0 Å². The van der Waals surface area contributed by atoms with Crippen LogP contribution < -0.4 is 4.90 Å².